The van der Waals surface area contributed by atoms with Crippen molar-refractivity contribution in [2.75, 3.05) is 104 Å². The fourth-order valence-electron chi connectivity index (χ4n) is 5.43. The fraction of sp³-hybridized carbons (Fsp3) is 1.00. The first-order valence-corrected chi connectivity index (χ1v) is 23.3. The lowest BCUT2D eigenvalue weighted by Crippen LogP contribution is -2.31. The van der Waals surface area contributed by atoms with Crippen LogP contribution in [0.2, 0.25) is 0 Å². The molecule has 0 aromatic rings. The molecule has 0 fully saturated rings. The number of nitrogens with two attached hydrogens (primary N) is 4. The Balaban J connectivity index is -0.000000768. The van der Waals surface area contributed by atoms with Crippen LogP contribution in [0.5, 0.6) is 0 Å². The molecule has 8 N–H and O–H groups in total. The Labute approximate surface area is 374 Å². The average molecular weight is 962 g/mol. The first-order valence-electron chi connectivity index (χ1n) is 19.8. The SMILES string of the molecule is CCCCCCCCOP(=O)(CCN(CCCN)CCCN)OCCCOP(=O)(CCN(CCCN)CCCN)OCCCCCCCC.Cl.Cl.Cl.Cl.Cl.Cl. The highest BCUT2D eigenvalue weighted by Crippen LogP contribution is 2.50. The largest absolute Gasteiger partial charge is 0.331 e. The summed E-state index contributed by atoms with van der Waals surface area (Å²) in [6.45, 7) is 12.5. The van der Waals surface area contributed by atoms with Gasteiger partial charge in [-0.1, -0.05) is 78.1 Å². The topological polar surface area (TPSA) is 182 Å². The number of nitrogens with zero attached hydrogens (tertiary/aromatic N) is 2. The van der Waals surface area contributed by atoms with Gasteiger partial charge in [0.1, 0.15) is 0 Å². The van der Waals surface area contributed by atoms with Gasteiger partial charge in [0, 0.05) is 13.1 Å². The van der Waals surface area contributed by atoms with E-state index in [1.807, 2.05) is 0 Å². The minimum absolute atomic E-state index is 0. The summed E-state index contributed by atoms with van der Waals surface area (Å²) in [6.07, 6.45) is 18.0. The lowest BCUT2D eigenvalue weighted by atomic mass is 10.1. The van der Waals surface area contributed by atoms with E-state index in [1.165, 1.54) is 38.5 Å². The molecule has 2 unspecified atom stereocenters. The molecule has 344 valence electrons. The summed E-state index contributed by atoms with van der Waals surface area (Å²) < 4.78 is 51.8. The Kier molecular flexibility index (Phi) is 67.3. The summed E-state index contributed by atoms with van der Waals surface area (Å²) in [7, 11) is -6.70. The zero-order chi connectivity index (χ0) is 36.3. The minimum atomic E-state index is -3.35. The molecule has 0 aromatic heterocycles. The van der Waals surface area contributed by atoms with E-state index in [1.54, 1.807) is 0 Å². The van der Waals surface area contributed by atoms with Gasteiger partial charge in [-0.15, -0.1) is 74.4 Å². The van der Waals surface area contributed by atoms with Gasteiger partial charge in [0.05, 0.1) is 38.8 Å². The number of unbranched alkanes of at least 4 members (excludes halogenated alkanes) is 10. The summed E-state index contributed by atoms with van der Waals surface area (Å²) in [5.41, 5.74) is 23.0. The Hall–Kier alpha value is 1.80. The fourth-order valence-corrected chi connectivity index (χ4v) is 8.78. The van der Waals surface area contributed by atoms with Gasteiger partial charge < -0.3 is 50.8 Å². The molecule has 0 aliphatic carbocycles. The maximum Gasteiger partial charge on any atom is 0.331 e. The van der Waals surface area contributed by atoms with Crippen LogP contribution in [-0.4, -0.2) is 114 Å². The van der Waals surface area contributed by atoms with Crippen LogP contribution >= 0.6 is 89.6 Å². The van der Waals surface area contributed by atoms with Crippen molar-refractivity contribution >= 4 is 89.6 Å². The molecule has 0 saturated heterocycles. The summed E-state index contributed by atoms with van der Waals surface area (Å²) in [5, 5.41) is 0. The molecular formula is C35H86Cl6N6O6P2. The van der Waals surface area contributed by atoms with Gasteiger partial charge in [-0.2, -0.15) is 0 Å². The molecule has 0 heterocycles. The summed E-state index contributed by atoms with van der Waals surface area (Å²) in [5.74, 6) is 0. The third-order valence-electron chi connectivity index (χ3n) is 8.53. The van der Waals surface area contributed by atoms with Crippen molar-refractivity contribution in [3.8, 4) is 0 Å². The van der Waals surface area contributed by atoms with Crippen LogP contribution in [0.4, 0.5) is 0 Å². The Bertz CT molecular complexity index is 753. The quantitative estimate of drug-likeness (QED) is 0.0338. The first-order chi connectivity index (χ1) is 23.8. The van der Waals surface area contributed by atoms with Crippen molar-refractivity contribution in [2.45, 2.75) is 123 Å². The van der Waals surface area contributed by atoms with Gasteiger partial charge in [0.2, 0.25) is 0 Å². The standard InChI is InChI=1S/C35H80N6O6P2.6ClH/c1-3-5-7-9-11-13-30-44-48(42,34-28-40(24-15-20-36)25-16-21-37)46-32-19-33-47-49(43,45-31-14-12-10-8-6-4-2)35-29-41(26-17-22-38)27-18-23-39;;;;;;/h3-39H2,1-2H3;6*1H. The number of halogens is 6. The zero-order valence-electron chi connectivity index (χ0n) is 34.3. The molecule has 20 heteroatoms. The van der Waals surface area contributed by atoms with Crippen LogP contribution in [0.15, 0.2) is 0 Å². The lowest BCUT2D eigenvalue weighted by Gasteiger charge is -2.26. The van der Waals surface area contributed by atoms with E-state index >= 15 is 0 Å². The van der Waals surface area contributed by atoms with Gasteiger partial charge in [-0.25, -0.2) is 0 Å². The van der Waals surface area contributed by atoms with Gasteiger partial charge >= 0.3 is 15.2 Å². The average Bonchev–Trinajstić information content (AvgIpc) is 3.10. The van der Waals surface area contributed by atoms with Crippen molar-refractivity contribution in [2.24, 2.45) is 22.9 Å². The van der Waals surface area contributed by atoms with Gasteiger partial charge in [-0.05, 0) is 97.3 Å². The normalized spacial score (nSPS) is 12.9. The van der Waals surface area contributed by atoms with Crippen molar-refractivity contribution in [3.05, 3.63) is 0 Å². The molecule has 0 amide bonds. The van der Waals surface area contributed by atoms with Crippen LogP contribution in [0.25, 0.3) is 0 Å². The highest BCUT2D eigenvalue weighted by molar-refractivity contribution is 7.54. The van der Waals surface area contributed by atoms with Crippen molar-refractivity contribution in [1.82, 2.24) is 9.80 Å². The number of rotatable bonds is 40. The Morgan fingerprint density at radius 3 is 0.891 bits per heavy atom. The third-order valence-corrected chi connectivity index (χ3v) is 12.3. The molecule has 0 aliphatic heterocycles. The van der Waals surface area contributed by atoms with E-state index in [-0.39, 0.29) is 87.7 Å². The van der Waals surface area contributed by atoms with Crippen molar-refractivity contribution in [1.29, 1.82) is 0 Å². The maximum atomic E-state index is 13.9. The summed E-state index contributed by atoms with van der Waals surface area (Å²) in [6, 6.07) is 0. The second-order valence-corrected chi connectivity index (χ2v) is 17.5. The lowest BCUT2D eigenvalue weighted by molar-refractivity contribution is 0.165. The molecule has 0 aromatic carbocycles. The predicted molar refractivity (Wildman–Crippen MR) is 251 cm³/mol. The highest BCUT2D eigenvalue weighted by atomic mass is 35.5. The van der Waals surface area contributed by atoms with E-state index in [2.05, 4.69) is 23.6 Å². The van der Waals surface area contributed by atoms with Crippen LogP contribution in [0.1, 0.15) is 123 Å². The molecule has 55 heavy (non-hydrogen) atoms. The molecule has 0 aliphatic rings. The Morgan fingerprint density at radius 1 is 0.364 bits per heavy atom. The second-order valence-electron chi connectivity index (χ2n) is 13.1. The first kappa shape index (κ1) is 71.3. The van der Waals surface area contributed by atoms with Crippen molar-refractivity contribution in [3.63, 3.8) is 0 Å². The molecule has 0 bridgehead atoms. The molecule has 0 rings (SSSR count). The van der Waals surface area contributed by atoms with Crippen LogP contribution in [0.3, 0.4) is 0 Å². The van der Waals surface area contributed by atoms with Gasteiger partial charge in [0.15, 0.2) is 0 Å². The van der Waals surface area contributed by atoms with E-state index in [0.29, 0.717) is 71.2 Å². The van der Waals surface area contributed by atoms with Crippen LogP contribution in [-0.2, 0) is 27.2 Å². The predicted octanol–water partition coefficient (Wildman–Crippen LogP) is 9.08. The molecular weight excluding hydrogens is 875 g/mol. The highest BCUT2D eigenvalue weighted by Gasteiger charge is 2.28. The van der Waals surface area contributed by atoms with E-state index in [4.69, 9.17) is 41.0 Å². The van der Waals surface area contributed by atoms with Gasteiger partial charge in [-0.3, -0.25) is 9.13 Å². The summed E-state index contributed by atoms with van der Waals surface area (Å²) >= 11 is 0. The smallest absolute Gasteiger partial charge is 0.330 e. The maximum absolute atomic E-state index is 13.9. The number of hydrogen-bond donors (Lipinski definition) is 4. The molecule has 0 spiro atoms. The zero-order valence-corrected chi connectivity index (χ0v) is 41.0. The molecule has 0 saturated carbocycles. The third kappa shape index (κ3) is 45.2. The Morgan fingerprint density at radius 2 is 0.618 bits per heavy atom. The number of hydrogen-bond acceptors (Lipinski definition) is 12. The second kappa shape index (κ2) is 51.9. The molecule has 0 radical (unpaired) electrons. The summed E-state index contributed by atoms with van der Waals surface area (Å²) in [4.78, 5) is 4.49. The molecule has 2 atom stereocenters. The minimum Gasteiger partial charge on any atom is -0.330 e. The van der Waals surface area contributed by atoms with Gasteiger partial charge in [0.25, 0.3) is 0 Å². The van der Waals surface area contributed by atoms with E-state index in [9.17, 15) is 9.13 Å². The van der Waals surface area contributed by atoms with E-state index in [0.717, 1.165) is 90.4 Å². The van der Waals surface area contributed by atoms with Crippen LogP contribution < -0.4 is 22.9 Å². The van der Waals surface area contributed by atoms with Crippen molar-refractivity contribution < 1.29 is 27.2 Å². The monoisotopic (exact) mass is 958 g/mol. The van der Waals surface area contributed by atoms with E-state index < -0.39 is 15.2 Å². The van der Waals surface area contributed by atoms with Crippen LogP contribution in [0, 0.1) is 0 Å². The molecule has 12 nitrogen and oxygen atoms in total.